The van der Waals surface area contributed by atoms with E-state index in [1.54, 1.807) is 18.2 Å². The molecule has 1 atom stereocenters. The summed E-state index contributed by atoms with van der Waals surface area (Å²) in [5, 5.41) is 11.5. The molecule has 0 bridgehead atoms. The lowest BCUT2D eigenvalue weighted by molar-refractivity contribution is -0.0503. The zero-order chi connectivity index (χ0) is 21.6. The van der Waals surface area contributed by atoms with Crippen molar-refractivity contribution in [3.8, 4) is 17.2 Å². The van der Waals surface area contributed by atoms with Crippen LogP contribution in [0, 0.1) is 0 Å². The van der Waals surface area contributed by atoms with Gasteiger partial charge in [-0.3, -0.25) is 0 Å². The SMILES string of the molecule is C[C@H](Nc1ccc(OC(F)F)c(Cc2ccccc2)c1)c1nnc(-c2ccccc2)o1. The molecule has 1 N–H and O–H groups in total. The zero-order valence-corrected chi connectivity index (χ0v) is 16.8. The van der Waals surface area contributed by atoms with Crippen molar-refractivity contribution < 1.29 is 17.9 Å². The van der Waals surface area contributed by atoms with E-state index < -0.39 is 6.61 Å². The molecule has 4 rings (SSSR count). The van der Waals surface area contributed by atoms with Gasteiger partial charge >= 0.3 is 6.61 Å². The molecule has 7 heteroatoms. The minimum Gasteiger partial charge on any atom is -0.435 e. The van der Waals surface area contributed by atoms with Crippen LogP contribution in [0.25, 0.3) is 11.5 Å². The maximum atomic E-state index is 12.8. The second-order valence-corrected chi connectivity index (χ2v) is 7.04. The van der Waals surface area contributed by atoms with E-state index >= 15 is 0 Å². The van der Waals surface area contributed by atoms with Crippen LogP contribution >= 0.6 is 0 Å². The van der Waals surface area contributed by atoms with Gasteiger partial charge in [-0.15, -0.1) is 10.2 Å². The lowest BCUT2D eigenvalue weighted by Crippen LogP contribution is -2.09. The van der Waals surface area contributed by atoms with E-state index in [2.05, 4.69) is 15.5 Å². The molecule has 1 heterocycles. The quantitative estimate of drug-likeness (QED) is 0.372. The number of nitrogens with zero attached hydrogens (tertiary/aromatic N) is 2. The van der Waals surface area contributed by atoms with Gasteiger partial charge in [0.05, 0.1) is 0 Å². The molecule has 0 radical (unpaired) electrons. The van der Waals surface area contributed by atoms with E-state index in [1.807, 2.05) is 67.6 Å². The van der Waals surface area contributed by atoms with E-state index in [-0.39, 0.29) is 11.8 Å². The highest BCUT2D eigenvalue weighted by Crippen LogP contribution is 2.29. The molecule has 0 unspecified atom stereocenters. The number of alkyl halides is 2. The third kappa shape index (κ3) is 5.25. The largest absolute Gasteiger partial charge is 0.435 e. The lowest BCUT2D eigenvalue weighted by Gasteiger charge is -2.16. The maximum absolute atomic E-state index is 12.8. The van der Waals surface area contributed by atoms with E-state index in [0.29, 0.717) is 23.8 Å². The summed E-state index contributed by atoms with van der Waals surface area (Å²) in [6, 6.07) is 23.9. The van der Waals surface area contributed by atoms with Crippen molar-refractivity contribution in [1.82, 2.24) is 10.2 Å². The molecule has 0 aliphatic rings. The Morgan fingerprint density at radius 3 is 2.35 bits per heavy atom. The molecule has 158 valence electrons. The summed E-state index contributed by atoms with van der Waals surface area (Å²) in [6.07, 6.45) is 0.464. The van der Waals surface area contributed by atoms with Crippen LogP contribution in [0.1, 0.15) is 30.0 Å². The molecule has 3 aromatic carbocycles. The Balaban J connectivity index is 1.54. The number of aromatic nitrogens is 2. The topological polar surface area (TPSA) is 60.2 Å². The molecule has 0 saturated heterocycles. The summed E-state index contributed by atoms with van der Waals surface area (Å²) < 4.78 is 36.2. The van der Waals surface area contributed by atoms with Crippen molar-refractivity contribution in [3.05, 3.63) is 95.9 Å². The number of hydrogen-bond acceptors (Lipinski definition) is 5. The predicted molar refractivity (Wildman–Crippen MR) is 114 cm³/mol. The minimum absolute atomic E-state index is 0.154. The second-order valence-electron chi connectivity index (χ2n) is 7.04. The first-order valence-corrected chi connectivity index (χ1v) is 9.85. The van der Waals surface area contributed by atoms with Gasteiger partial charge in [-0.2, -0.15) is 8.78 Å². The fourth-order valence-corrected chi connectivity index (χ4v) is 3.25. The number of nitrogens with one attached hydrogen (secondary N) is 1. The number of ether oxygens (including phenoxy) is 1. The molecule has 0 aliphatic carbocycles. The molecule has 31 heavy (non-hydrogen) atoms. The van der Waals surface area contributed by atoms with Crippen molar-refractivity contribution in [2.24, 2.45) is 0 Å². The van der Waals surface area contributed by atoms with Crippen LogP contribution < -0.4 is 10.1 Å². The summed E-state index contributed by atoms with van der Waals surface area (Å²) in [7, 11) is 0. The Morgan fingerprint density at radius 2 is 1.65 bits per heavy atom. The van der Waals surface area contributed by atoms with Gasteiger partial charge < -0.3 is 14.5 Å². The number of hydrogen-bond donors (Lipinski definition) is 1. The molecule has 0 fully saturated rings. The standard InChI is InChI=1S/C24H21F2N3O2/c1-16(22-28-29-23(31-22)18-10-6-3-7-11-18)27-20-12-13-21(30-24(25)26)19(15-20)14-17-8-4-2-5-9-17/h2-13,15-16,24,27H,14H2,1H3/t16-/m0/s1. The Morgan fingerprint density at radius 1 is 0.935 bits per heavy atom. The number of benzene rings is 3. The van der Waals surface area contributed by atoms with Gasteiger partial charge in [0.25, 0.3) is 0 Å². The van der Waals surface area contributed by atoms with Gasteiger partial charge in [-0.25, -0.2) is 0 Å². The summed E-state index contributed by atoms with van der Waals surface area (Å²) in [6.45, 7) is -0.995. The average Bonchev–Trinajstić information content (AvgIpc) is 3.27. The van der Waals surface area contributed by atoms with Crippen LogP contribution in [-0.4, -0.2) is 16.8 Å². The van der Waals surface area contributed by atoms with Crippen LogP contribution in [0.3, 0.4) is 0 Å². The molecular formula is C24H21F2N3O2. The van der Waals surface area contributed by atoms with Crippen molar-refractivity contribution in [1.29, 1.82) is 0 Å². The van der Waals surface area contributed by atoms with Gasteiger partial charge in [-0.1, -0.05) is 48.5 Å². The highest BCUT2D eigenvalue weighted by molar-refractivity contribution is 5.54. The Kier molecular flexibility index (Phi) is 6.21. The van der Waals surface area contributed by atoms with Crippen LogP contribution in [0.2, 0.25) is 0 Å². The number of anilines is 1. The molecule has 0 spiro atoms. The monoisotopic (exact) mass is 421 g/mol. The molecule has 0 saturated carbocycles. The van der Waals surface area contributed by atoms with Gasteiger partial charge in [0, 0.05) is 23.2 Å². The van der Waals surface area contributed by atoms with E-state index in [4.69, 9.17) is 9.15 Å². The average molecular weight is 421 g/mol. The molecule has 1 aromatic heterocycles. The van der Waals surface area contributed by atoms with Crippen molar-refractivity contribution in [3.63, 3.8) is 0 Å². The van der Waals surface area contributed by atoms with Crippen molar-refractivity contribution in [2.45, 2.75) is 26.0 Å². The highest BCUT2D eigenvalue weighted by atomic mass is 19.3. The Labute approximate surface area is 178 Å². The second kappa shape index (κ2) is 9.38. The fraction of sp³-hybridized carbons (Fsp3) is 0.167. The summed E-state index contributed by atoms with van der Waals surface area (Å²) in [4.78, 5) is 0. The summed E-state index contributed by atoms with van der Waals surface area (Å²) in [5.74, 6) is 1.02. The summed E-state index contributed by atoms with van der Waals surface area (Å²) >= 11 is 0. The molecule has 0 amide bonds. The highest BCUT2D eigenvalue weighted by Gasteiger charge is 2.17. The van der Waals surface area contributed by atoms with Gasteiger partial charge in [0.15, 0.2) is 0 Å². The normalized spacial score (nSPS) is 12.0. The Hall–Kier alpha value is -3.74. The van der Waals surface area contributed by atoms with Crippen molar-refractivity contribution in [2.75, 3.05) is 5.32 Å². The zero-order valence-electron chi connectivity index (χ0n) is 16.8. The van der Waals surface area contributed by atoms with E-state index in [1.165, 1.54) is 0 Å². The van der Waals surface area contributed by atoms with Crippen LogP contribution in [-0.2, 0) is 6.42 Å². The number of rotatable bonds is 8. The minimum atomic E-state index is -2.89. The van der Waals surface area contributed by atoms with Crippen LogP contribution in [0.4, 0.5) is 14.5 Å². The van der Waals surface area contributed by atoms with E-state index in [0.717, 1.165) is 16.8 Å². The maximum Gasteiger partial charge on any atom is 0.387 e. The molecule has 5 nitrogen and oxygen atoms in total. The van der Waals surface area contributed by atoms with E-state index in [9.17, 15) is 8.78 Å². The number of halogens is 2. The third-order valence-electron chi connectivity index (χ3n) is 4.73. The van der Waals surface area contributed by atoms with Crippen LogP contribution in [0.5, 0.6) is 5.75 Å². The third-order valence-corrected chi connectivity index (χ3v) is 4.73. The first-order valence-electron chi connectivity index (χ1n) is 9.85. The fourth-order valence-electron chi connectivity index (χ4n) is 3.25. The first kappa shape index (κ1) is 20.5. The predicted octanol–water partition coefficient (Wildman–Crippen LogP) is 6.10. The van der Waals surface area contributed by atoms with Crippen LogP contribution in [0.15, 0.2) is 83.3 Å². The smallest absolute Gasteiger partial charge is 0.387 e. The first-order chi connectivity index (χ1) is 15.1. The molecule has 4 aromatic rings. The van der Waals surface area contributed by atoms with Gasteiger partial charge in [0.1, 0.15) is 11.8 Å². The van der Waals surface area contributed by atoms with Gasteiger partial charge in [0.2, 0.25) is 11.8 Å². The van der Waals surface area contributed by atoms with Gasteiger partial charge in [-0.05, 0) is 42.8 Å². The summed E-state index contributed by atoms with van der Waals surface area (Å²) in [5.41, 5.74) is 3.22. The Bertz CT molecular complexity index is 1120. The lowest BCUT2D eigenvalue weighted by atomic mass is 10.0. The molecular weight excluding hydrogens is 400 g/mol. The van der Waals surface area contributed by atoms with Crippen molar-refractivity contribution >= 4 is 5.69 Å². The molecule has 0 aliphatic heterocycles.